The Bertz CT molecular complexity index is 723. The fourth-order valence-corrected chi connectivity index (χ4v) is 1.93. The number of ether oxygens (including phenoxy) is 1. The first kappa shape index (κ1) is 19.7. The third-order valence-corrected chi connectivity index (χ3v) is 3.00. The van der Waals surface area contributed by atoms with Gasteiger partial charge in [-0.15, -0.1) is 25.6 Å². The van der Waals surface area contributed by atoms with E-state index in [1.807, 2.05) is 0 Å². The second-order valence-electron chi connectivity index (χ2n) is 4.56. The van der Waals surface area contributed by atoms with E-state index in [4.69, 9.17) is 5.73 Å². The molecule has 24 heavy (non-hydrogen) atoms. The van der Waals surface area contributed by atoms with Crippen LogP contribution < -0.4 is 10.5 Å². The summed E-state index contributed by atoms with van der Waals surface area (Å²) in [5, 5.41) is 10.7. The monoisotopic (exact) mass is 366 g/mol. The molecule has 0 radical (unpaired) electrons. The molecule has 0 fully saturated rings. The maximum absolute atomic E-state index is 13.3. The van der Waals surface area contributed by atoms with Crippen LogP contribution in [0.15, 0.2) is 42.5 Å². The van der Waals surface area contributed by atoms with Crippen LogP contribution in [-0.4, -0.2) is 11.3 Å². The molecule has 2 N–H and O–H groups in total. The molecule has 130 valence electrons. The molecule has 0 unspecified atom stereocenters. The molecule has 0 aliphatic rings. The van der Waals surface area contributed by atoms with Gasteiger partial charge >= 0.3 is 12.0 Å². The fraction of sp³-hybridized carbons (Fsp3) is 0.143. The van der Waals surface area contributed by atoms with Crippen LogP contribution in [0.2, 0.25) is 0 Å². The minimum absolute atomic E-state index is 0. The molecule has 0 aromatic heterocycles. The number of nitro benzene ring substituents is 1. The van der Waals surface area contributed by atoms with E-state index in [2.05, 4.69) is 4.74 Å². The van der Waals surface area contributed by atoms with Crippen LogP contribution >= 0.6 is 12.4 Å². The molecule has 0 spiro atoms. The largest absolute Gasteiger partial charge is 0.573 e. The van der Waals surface area contributed by atoms with Gasteiger partial charge in [0.2, 0.25) is 5.82 Å². The highest BCUT2D eigenvalue weighted by Gasteiger charge is 2.31. The van der Waals surface area contributed by atoms with Crippen molar-refractivity contribution >= 4 is 18.1 Å². The molecule has 0 heterocycles. The summed E-state index contributed by atoms with van der Waals surface area (Å²) in [6.07, 6.45) is -4.80. The second kappa shape index (κ2) is 7.45. The zero-order valence-electron chi connectivity index (χ0n) is 11.8. The van der Waals surface area contributed by atoms with Gasteiger partial charge in [0.15, 0.2) is 0 Å². The lowest BCUT2D eigenvalue weighted by molar-refractivity contribution is -0.387. The van der Waals surface area contributed by atoms with E-state index in [0.29, 0.717) is 5.56 Å². The van der Waals surface area contributed by atoms with Gasteiger partial charge in [-0.3, -0.25) is 10.1 Å². The van der Waals surface area contributed by atoms with Crippen molar-refractivity contribution < 1.29 is 27.2 Å². The Kier molecular flexibility index (Phi) is 6.10. The van der Waals surface area contributed by atoms with Crippen molar-refractivity contribution in [1.82, 2.24) is 0 Å². The van der Waals surface area contributed by atoms with Gasteiger partial charge in [-0.05, 0) is 29.3 Å². The van der Waals surface area contributed by atoms with E-state index in [1.54, 1.807) is 0 Å². The Morgan fingerprint density at radius 3 is 2.12 bits per heavy atom. The lowest BCUT2D eigenvalue weighted by Crippen LogP contribution is -2.17. The van der Waals surface area contributed by atoms with Crippen LogP contribution in [0.4, 0.5) is 23.2 Å². The molecule has 5 nitrogen and oxygen atoms in total. The van der Waals surface area contributed by atoms with Crippen molar-refractivity contribution in [3.63, 3.8) is 0 Å². The highest BCUT2D eigenvalue weighted by molar-refractivity contribution is 5.85. The molecule has 2 aromatic carbocycles. The number of hydrogen-bond donors (Lipinski definition) is 1. The van der Waals surface area contributed by atoms with Crippen LogP contribution in [0.3, 0.4) is 0 Å². The summed E-state index contributed by atoms with van der Waals surface area (Å²) in [6, 6.07) is 7.03. The summed E-state index contributed by atoms with van der Waals surface area (Å²) in [4.78, 5) is 9.83. The molecule has 2 rings (SSSR count). The van der Waals surface area contributed by atoms with Crippen molar-refractivity contribution in [3.8, 4) is 5.75 Å². The number of rotatable bonds is 4. The SMILES string of the molecule is Cl.N[C@H](c1ccc(OC(F)(F)F)cc1)c1ccc(F)c([N+](=O)[O-])c1. The van der Waals surface area contributed by atoms with Crippen LogP contribution in [0.25, 0.3) is 0 Å². The summed E-state index contributed by atoms with van der Waals surface area (Å²) < 4.78 is 53.3. The molecule has 10 heteroatoms. The van der Waals surface area contributed by atoms with Crippen LogP contribution in [0, 0.1) is 15.9 Å². The van der Waals surface area contributed by atoms with E-state index in [1.165, 1.54) is 18.2 Å². The van der Waals surface area contributed by atoms with E-state index in [-0.39, 0.29) is 18.0 Å². The maximum atomic E-state index is 13.3. The lowest BCUT2D eigenvalue weighted by atomic mass is 9.99. The van der Waals surface area contributed by atoms with E-state index >= 15 is 0 Å². The van der Waals surface area contributed by atoms with Crippen molar-refractivity contribution in [1.29, 1.82) is 0 Å². The maximum Gasteiger partial charge on any atom is 0.573 e. The summed E-state index contributed by atoms with van der Waals surface area (Å²) in [5.74, 6) is -1.42. The molecule has 2 aromatic rings. The van der Waals surface area contributed by atoms with Crippen molar-refractivity contribution in [2.75, 3.05) is 0 Å². The molecular formula is C14H11ClF4N2O3. The standard InChI is InChI=1S/C14H10F4N2O3.ClH/c15-11-6-3-9(7-12(11)20(21)22)13(19)8-1-4-10(5-2-8)23-14(16,17)18;/h1-7,13H,19H2;1H/t13-;/m1./s1. The van der Waals surface area contributed by atoms with Crippen LogP contribution in [0.1, 0.15) is 17.2 Å². The van der Waals surface area contributed by atoms with Gasteiger partial charge in [0.05, 0.1) is 11.0 Å². The first-order valence-electron chi connectivity index (χ1n) is 6.22. The number of hydrogen-bond acceptors (Lipinski definition) is 4. The Morgan fingerprint density at radius 2 is 1.62 bits per heavy atom. The molecule has 0 bridgehead atoms. The Hall–Kier alpha value is -2.39. The summed E-state index contributed by atoms with van der Waals surface area (Å²) >= 11 is 0. The van der Waals surface area contributed by atoms with Gasteiger partial charge in [-0.25, -0.2) is 0 Å². The highest BCUT2D eigenvalue weighted by atomic mass is 35.5. The summed E-state index contributed by atoms with van der Waals surface area (Å²) in [5.41, 5.74) is 5.82. The summed E-state index contributed by atoms with van der Waals surface area (Å²) in [7, 11) is 0. The number of nitrogens with zero attached hydrogens (tertiary/aromatic N) is 1. The molecule has 0 saturated carbocycles. The van der Waals surface area contributed by atoms with Gasteiger partial charge in [-0.1, -0.05) is 18.2 Å². The summed E-state index contributed by atoms with van der Waals surface area (Å²) in [6.45, 7) is 0. The number of alkyl halides is 3. The van der Waals surface area contributed by atoms with Gasteiger partial charge in [0, 0.05) is 6.07 Å². The van der Waals surface area contributed by atoms with Crippen molar-refractivity contribution in [2.24, 2.45) is 5.73 Å². The molecule has 1 atom stereocenters. The first-order chi connectivity index (χ1) is 10.7. The molecule has 0 amide bonds. The van der Waals surface area contributed by atoms with Crippen molar-refractivity contribution in [3.05, 3.63) is 69.5 Å². The van der Waals surface area contributed by atoms with Gasteiger partial charge < -0.3 is 10.5 Å². The number of nitro groups is 1. The number of benzene rings is 2. The van der Waals surface area contributed by atoms with Gasteiger partial charge in [0.25, 0.3) is 0 Å². The van der Waals surface area contributed by atoms with Gasteiger partial charge in [-0.2, -0.15) is 4.39 Å². The predicted octanol–water partition coefficient (Wildman–Crippen LogP) is 4.10. The minimum Gasteiger partial charge on any atom is -0.406 e. The zero-order chi connectivity index (χ0) is 17.2. The van der Waals surface area contributed by atoms with Crippen molar-refractivity contribution in [2.45, 2.75) is 12.4 Å². The van der Waals surface area contributed by atoms with Gasteiger partial charge in [0.1, 0.15) is 5.75 Å². The third-order valence-electron chi connectivity index (χ3n) is 3.00. The van der Waals surface area contributed by atoms with E-state index in [0.717, 1.165) is 24.3 Å². The zero-order valence-corrected chi connectivity index (χ0v) is 12.6. The smallest absolute Gasteiger partial charge is 0.406 e. The number of nitrogens with two attached hydrogens (primary N) is 1. The Morgan fingerprint density at radius 1 is 1.08 bits per heavy atom. The first-order valence-corrected chi connectivity index (χ1v) is 6.22. The Balaban J connectivity index is 0.00000288. The van der Waals surface area contributed by atoms with E-state index in [9.17, 15) is 27.7 Å². The predicted molar refractivity (Wildman–Crippen MR) is 79.5 cm³/mol. The molecule has 0 aliphatic carbocycles. The van der Waals surface area contributed by atoms with Crippen LogP contribution in [-0.2, 0) is 0 Å². The fourth-order valence-electron chi connectivity index (χ4n) is 1.93. The minimum atomic E-state index is -4.80. The lowest BCUT2D eigenvalue weighted by Gasteiger charge is -2.14. The topological polar surface area (TPSA) is 78.4 Å². The Labute approximate surface area is 139 Å². The number of halogens is 5. The molecule has 0 aliphatic heterocycles. The quantitative estimate of drug-likeness (QED) is 0.502. The van der Waals surface area contributed by atoms with Crippen LogP contribution in [0.5, 0.6) is 5.75 Å². The highest BCUT2D eigenvalue weighted by Crippen LogP contribution is 2.28. The normalized spacial score (nSPS) is 12.2. The average Bonchev–Trinajstić information content (AvgIpc) is 2.46. The molecule has 0 saturated heterocycles. The molecular weight excluding hydrogens is 356 g/mol. The average molecular weight is 367 g/mol. The van der Waals surface area contributed by atoms with E-state index < -0.39 is 34.6 Å². The third kappa shape index (κ3) is 4.80. The second-order valence-corrected chi connectivity index (χ2v) is 4.56.